The van der Waals surface area contributed by atoms with E-state index in [2.05, 4.69) is 10.3 Å². The molecule has 0 saturated carbocycles. The minimum Gasteiger partial charge on any atom is -0.497 e. The van der Waals surface area contributed by atoms with Gasteiger partial charge in [0.1, 0.15) is 5.75 Å². The molecule has 0 aliphatic carbocycles. The molecule has 0 atom stereocenters. The molecule has 0 fully saturated rings. The van der Waals surface area contributed by atoms with Crippen LogP contribution in [0.15, 0.2) is 77.3 Å². The highest BCUT2D eigenvalue weighted by atomic mass is 35.5. The molecule has 1 heterocycles. The van der Waals surface area contributed by atoms with Crippen molar-refractivity contribution in [3.8, 4) is 28.5 Å². The second-order valence-corrected chi connectivity index (χ2v) is 7.29. The smallest absolute Gasteiger partial charge is 0.256 e. The number of carbonyl (C=O) groups excluding carboxylic acids is 1. The maximum absolute atomic E-state index is 12.9. The molecule has 4 aromatic rings. The molecule has 150 valence electrons. The molecule has 0 radical (unpaired) electrons. The van der Waals surface area contributed by atoms with Gasteiger partial charge in [-0.15, -0.1) is 0 Å². The number of rotatable bonds is 5. The van der Waals surface area contributed by atoms with Crippen LogP contribution in [0.3, 0.4) is 0 Å². The molecule has 7 heteroatoms. The number of hydrogen-bond donors (Lipinski definition) is 1. The first-order valence-corrected chi connectivity index (χ1v) is 9.76. The lowest BCUT2D eigenvalue weighted by atomic mass is 10.1. The molecule has 0 bridgehead atoms. The molecule has 0 unspecified atom stereocenters. The maximum atomic E-state index is 12.9. The fraction of sp³-hybridized carbons (Fsp3) is 0.0435. The van der Waals surface area contributed by atoms with Crippen molar-refractivity contribution < 1.29 is 13.9 Å². The van der Waals surface area contributed by atoms with Gasteiger partial charge in [0.25, 0.3) is 5.91 Å². The van der Waals surface area contributed by atoms with Crippen LogP contribution in [0.25, 0.3) is 22.8 Å². The monoisotopic (exact) mass is 438 g/mol. The van der Waals surface area contributed by atoms with Crippen LogP contribution in [0.4, 0.5) is 5.69 Å². The summed E-state index contributed by atoms with van der Waals surface area (Å²) >= 11 is 12.0. The van der Waals surface area contributed by atoms with Crippen molar-refractivity contribution in [2.75, 3.05) is 12.4 Å². The summed E-state index contributed by atoms with van der Waals surface area (Å²) in [5, 5.41) is 3.68. The van der Waals surface area contributed by atoms with Crippen molar-refractivity contribution in [1.82, 2.24) is 4.98 Å². The standard InChI is InChI=1S/C23H16Cl2N2O3/c1-29-18-8-6-14(7-9-18)21-13-26-23(30-21)20-5-3-2-4-19(20)22(28)27-17-11-15(24)10-16(25)12-17/h2-13H,1H3,(H,27,28). The first kappa shape index (κ1) is 20.0. The van der Waals surface area contributed by atoms with Crippen LogP contribution in [-0.2, 0) is 0 Å². The van der Waals surface area contributed by atoms with Crippen LogP contribution in [0.1, 0.15) is 10.4 Å². The molecule has 1 aromatic heterocycles. The van der Waals surface area contributed by atoms with E-state index in [1.165, 1.54) is 0 Å². The second kappa shape index (κ2) is 8.61. The van der Waals surface area contributed by atoms with Crippen LogP contribution >= 0.6 is 23.2 Å². The summed E-state index contributed by atoms with van der Waals surface area (Å²) in [5.74, 6) is 1.36. The Balaban J connectivity index is 1.63. The van der Waals surface area contributed by atoms with E-state index < -0.39 is 0 Å². The van der Waals surface area contributed by atoms with Crippen LogP contribution in [0.2, 0.25) is 10.0 Å². The quantitative estimate of drug-likeness (QED) is 0.382. The van der Waals surface area contributed by atoms with Gasteiger partial charge in [0, 0.05) is 26.9 Å². The van der Waals surface area contributed by atoms with Crippen molar-refractivity contribution in [3.63, 3.8) is 0 Å². The van der Waals surface area contributed by atoms with Crippen molar-refractivity contribution in [3.05, 3.63) is 88.5 Å². The van der Waals surface area contributed by atoms with Crippen LogP contribution < -0.4 is 10.1 Å². The molecule has 30 heavy (non-hydrogen) atoms. The van der Waals surface area contributed by atoms with Gasteiger partial charge in [-0.25, -0.2) is 4.98 Å². The van der Waals surface area contributed by atoms with E-state index in [0.29, 0.717) is 38.5 Å². The molecular formula is C23H16Cl2N2O3. The first-order chi connectivity index (χ1) is 14.5. The van der Waals surface area contributed by atoms with Crippen molar-refractivity contribution in [2.45, 2.75) is 0 Å². The summed E-state index contributed by atoms with van der Waals surface area (Å²) in [7, 11) is 1.61. The van der Waals surface area contributed by atoms with Gasteiger partial charge in [-0.05, 0) is 54.6 Å². The average Bonchev–Trinajstić information content (AvgIpc) is 3.23. The summed E-state index contributed by atoms with van der Waals surface area (Å²) in [4.78, 5) is 17.3. The van der Waals surface area contributed by atoms with Crippen LogP contribution in [-0.4, -0.2) is 18.0 Å². The largest absolute Gasteiger partial charge is 0.497 e. The molecule has 0 saturated heterocycles. The second-order valence-electron chi connectivity index (χ2n) is 6.42. The van der Waals surface area contributed by atoms with Gasteiger partial charge in [0.2, 0.25) is 5.89 Å². The van der Waals surface area contributed by atoms with Crippen LogP contribution in [0.5, 0.6) is 5.75 Å². The molecule has 3 aromatic carbocycles. The highest BCUT2D eigenvalue weighted by Crippen LogP contribution is 2.30. The number of halogens is 2. The number of oxazole rings is 1. The van der Waals surface area contributed by atoms with E-state index in [4.69, 9.17) is 32.4 Å². The summed E-state index contributed by atoms with van der Waals surface area (Å²) in [6, 6.07) is 19.4. The van der Waals surface area contributed by atoms with Gasteiger partial charge in [-0.3, -0.25) is 4.79 Å². The van der Waals surface area contributed by atoms with Gasteiger partial charge in [0.15, 0.2) is 5.76 Å². The Kier molecular flexibility index (Phi) is 5.74. The Bertz CT molecular complexity index is 1180. The topological polar surface area (TPSA) is 64.4 Å². The van der Waals surface area contributed by atoms with Crippen LogP contribution in [0, 0.1) is 0 Å². The number of anilines is 1. The Morgan fingerprint density at radius 2 is 1.70 bits per heavy atom. The van der Waals surface area contributed by atoms with Crippen molar-refractivity contribution >= 4 is 34.8 Å². The third-order valence-corrected chi connectivity index (χ3v) is 4.84. The molecule has 0 spiro atoms. The first-order valence-electron chi connectivity index (χ1n) is 9.00. The molecular weight excluding hydrogens is 423 g/mol. The van der Waals surface area contributed by atoms with E-state index in [0.717, 1.165) is 11.3 Å². The number of aromatic nitrogens is 1. The average molecular weight is 439 g/mol. The van der Waals surface area contributed by atoms with E-state index >= 15 is 0 Å². The minimum absolute atomic E-state index is 0.326. The zero-order valence-corrected chi connectivity index (χ0v) is 17.4. The van der Waals surface area contributed by atoms with Gasteiger partial charge in [-0.1, -0.05) is 35.3 Å². The number of amides is 1. The summed E-state index contributed by atoms with van der Waals surface area (Å²) in [6.45, 7) is 0. The normalized spacial score (nSPS) is 10.6. The summed E-state index contributed by atoms with van der Waals surface area (Å²) in [5.41, 5.74) is 2.34. The fourth-order valence-corrected chi connectivity index (χ4v) is 3.51. The maximum Gasteiger partial charge on any atom is 0.256 e. The fourth-order valence-electron chi connectivity index (χ4n) is 2.98. The Morgan fingerprint density at radius 3 is 2.40 bits per heavy atom. The number of methoxy groups -OCH3 is 1. The third kappa shape index (κ3) is 4.32. The number of nitrogens with one attached hydrogen (secondary N) is 1. The van der Waals surface area contributed by atoms with Crippen molar-refractivity contribution in [1.29, 1.82) is 0 Å². The summed E-state index contributed by atoms with van der Waals surface area (Å²) < 4.78 is 11.1. The number of ether oxygens (including phenoxy) is 1. The SMILES string of the molecule is COc1ccc(-c2cnc(-c3ccccc3C(=O)Nc3cc(Cl)cc(Cl)c3)o2)cc1. The number of benzene rings is 3. The zero-order chi connectivity index (χ0) is 21.1. The Morgan fingerprint density at radius 1 is 1.00 bits per heavy atom. The molecule has 0 aliphatic rings. The lowest BCUT2D eigenvalue weighted by Crippen LogP contribution is -2.13. The Labute approximate surface area is 183 Å². The van der Waals surface area contributed by atoms with E-state index in [1.807, 2.05) is 30.3 Å². The number of carbonyl (C=O) groups is 1. The molecule has 1 amide bonds. The lowest BCUT2D eigenvalue weighted by Gasteiger charge is -2.09. The van der Waals surface area contributed by atoms with Gasteiger partial charge >= 0.3 is 0 Å². The molecule has 5 nitrogen and oxygen atoms in total. The predicted octanol–water partition coefficient (Wildman–Crippen LogP) is 6.58. The highest BCUT2D eigenvalue weighted by Gasteiger charge is 2.17. The van der Waals surface area contributed by atoms with E-state index in [1.54, 1.807) is 49.7 Å². The predicted molar refractivity (Wildman–Crippen MR) is 118 cm³/mol. The molecule has 0 aliphatic heterocycles. The zero-order valence-electron chi connectivity index (χ0n) is 15.9. The summed E-state index contributed by atoms with van der Waals surface area (Å²) in [6.07, 6.45) is 1.63. The molecule has 4 rings (SSSR count). The molecule has 1 N–H and O–H groups in total. The number of nitrogens with zero attached hydrogens (tertiary/aromatic N) is 1. The number of hydrogen-bond acceptors (Lipinski definition) is 4. The Hall–Kier alpha value is -3.28. The van der Waals surface area contributed by atoms with Gasteiger partial charge < -0.3 is 14.5 Å². The highest BCUT2D eigenvalue weighted by molar-refractivity contribution is 6.35. The van der Waals surface area contributed by atoms with E-state index in [-0.39, 0.29) is 5.91 Å². The van der Waals surface area contributed by atoms with Gasteiger partial charge in [-0.2, -0.15) is 0 Å². The third-order valence-electron chi connectivity index (χ3n) is 4.40. The minimum atomic E-state index is -0.326. The van der Waals surface area contributed by atoms with E-state index in [9.17, 15) is 4.79 Å². The van der Waals surface area contributed by atoms with Crippen molar-refractivity contribution in [2.24, 2.45) is 0 Å². The lowest BCUT2D eigenvalue weighted by molar-refractivity contribution is 0.102. The van der Waals surface area contributed by atoms with Gasteiger partial charge in [0.05, 0.1) is 18.9 Å².